The fourth-order valence-electron chi connectivity index (χ4n) is 2.44. The third-order valence-corrected chi connectivity index (χ3v) is 4.62. The third-order valence-electron chi connectivity index (χ3n) is 3.45. The minimum absolute atomic E-state index is 0.0500. The molecule has 0 atom stereocenters. The van der Waals surface area contributed by atoms with E-state index in [9.17, 15) is 4.79 Å². The first-order valence-electron chi connectivity index (χ1n) is 6.73. The molecule has 22 heavy (non-hydrogen) atoms. The van der Waals surface area contributed by atoms with E-state index in [-0.39, 0.29) is 5.56 Å². The van der Waals surface area contributed by atoms with Crippen LogP contribution in [-0.2, 0) is 6.54 Å². The molecule has 0 aliphatic carbocycles. The molecule has 2 aromatic heterocycles. The van der Waals surface area contributed by atoms with Crippen molar-refractivity contribution in [2.45, 2.75) is 6.54 Å². The molecule has 5 nitrogen and oxygen atoms in total. The molecule has 0 bridgehead atoms. The normalized spacial score (nSPS) is 13.5. The Labute approximate surface area is 134 Å². The summed E-state index contributed by atoms with van der Waals surface area (Å²) < 4.78 is 13.3. The van der Waals surface area contributed by atoms with E-state index in [4.69, 9.17) is 21.1 Å². The molecule has 0 amide bonds. The van der Waals surface area contributed by atoms with Crippen LogP contribution in [-0.4, -0.2) is 22.8 Å². The monoisotopic (exact) mass is 334 g/mol. The van der Waals surface area contributed by atoms with Crippen molar-refractivity contribution >= 4 is 33.2 Å². The molecular weight excluding hydrogens is 324 g/mol. The highest BCUT2D eigenvalue weighted by Crippen LogP contribution is 2.38. The largest absolute Gasteiger partial charge is 0.486 e. The van der Waals surface area contributed by atoms with Crippen molar-refractivity contribution in [3.8, 4) is 11.5 Å². The number of halogens is 1. The van der Waals surface area contributed by atoms with Crippen LogP contribution in [0.1, 0.15) is 5.56 Å². The molecule has 3 aromatic rings. The summed E-state index contributed by atoms with van der Waals surface area (Å²) in [6.07, 6.45) is 1.56. The molecule has 112 valence electrons. The molecule has 1 aromatic carbocycles. The van der Waals surface area contributed by atoms with E-state index in [0.29, 0.717) is 41.0 Å². The van der Waals surface area contributed by atoms with Gasteiger partial charge in [0.2, 0.25) is 0 Å². The highest BCUT2D eigenvalue weighted by atomic mass is 35.5. The molecule has 0 unspecified atom stereocenters. The minimum Gasteiger partial charge on any atom is -0.486 e. The maximum Gasteiger partial charge on any atom is 0.271 e. The Morgan fingerprint density at radius 1 is 1.32 bits per heavy atom. The third kappa shape index (κ3) is 2.24. The number of ether oxygens (including phenoxy) is 2. The highest BCUT2D eigenvalue weighted by Gasteiger charge is 2.17. The summed E-state index contributed by atoms with van der Waals surface area (Å²) in [6, 6.07) is 5.48. The van der Waals surface area contributed by atoms with E-state index < -0.39 is 0 Å². The Hall–Kier alpha value is -2.05. The van der Waals surface area contributed by atoms with E-state index in [1.54, 1.807) is 17.0 Å². The molecule has 4 rings (SSSR count). The van der Waals surface area contributed by atoms with E-state index in [0.717, 1.165) is 11.1 Å². The minimum atomic E-state index is -0.0500. The lowest BCUT2D eigenvalue weighted by atomic mass is 10.2. The molecule has 7 heteroatoms. The first-order valence-corrected chi connectivity index (χ1v) is 7.99. The predicted octanol–water partition coefficient (Wildman–Crippen LogP) is 2.93. The van der Waals surface area contributed by atoms with Crippen LogP contribution in [0.2, 0.25) is 5.02 Å². The van der Waals surface area contributed by atoms with Crippen LogP contribution in [0.4, 0.5) is 0 Å². The van der Waals surface area contributed by atoms with Crippen LogP contribution >= 0.6 is 22.9 Å². The molecule has 0 saturated carbocycles. The molecule has 0 fully saturated rings. The quantitative estimate of drug-likeness (QED) is 0.723. The molecular formula is C15H11ClN2O3S. The maximum atomic E-state index is 12.4. The van der Waals surface area contributed by atoms with Gasteiger partial charge in [0.15, 0.2) is 11.5 Å². The maximum absolute atomic E-state index is 12.4. The molecule has 1 aliphatic rings. The zero-order chi connectivity index (χ0) is 15.1. The van der Waals surface area contributed by atoms with Crippen LogP contribution in [0.5, 0.6) is 11.5 Å². The predicted molar refractivity (Wildman–Crippen MR) is 85.4 cm³/mol. The number of hydrogen-bond acceptors (Lipinski definition) is 5. The number of hydrogen-bond donors (Lipinski definition) is 0. The lowest BCUT2D eigenvalue weighted by Gasteiger charge is -2.20. The zero-order valence-corrected chi connectivity index (χ0v) is 13.0. The summed E-state index contributed by atoms with van der Waals surface area (Å²) in [5.74, 6) is 1.18. The van der Waals surface area contributed by atoms with Gasteiger partial charge in [-0.05, 0) is 29.1 Å². The summed E-state index contributed by atoms with van der Waals surface area (Å²) in [5, 5.41) is 2.36. The molecule has 0 N–H and O–H groups in total. The standard InChI is InChI=1S/C15H11ClN2O3S/c16-10-5-9(6-12-13(10)21-3-2-20-12)7-18-8-17-11-1-4-22-14(11)15(18)19/h1,4-6,8H,2-3,7H2. The van der Waals surface area contributed by atoms with Crippen molar-refractivity contribution in [2.24, 2.45) is 0 Å². The molecule has 1 aliphatic heterocycles. The van der Waals surface area contributed by atoms with Crippen LogP contribution in [0.15, 0.2) is 34.7 Å². The van der Waals surface area contributed by atoms with Crippen LogP contribution in [0.3, 0.4) is 0 Å². The van der Waals surface area contributed by atoms with E-state index >= 15 is 0 Å². The molecule has 0 spiro atoms. The van der Waals surface area contributed by atoms with Crippen molar-refractivity contribution in [1.82, 2.24) is 9.55 Å². The van der Waals surface area contributed by atoms with Crippen molar-refractivity contribution in [3.05, 3.63) is 50.8 Å². The second-order valence-corrected chi connectivity index (χ2v) is 6.24. The average molecular weight is 335 g/mol. The van der Waals surface area contributed by atoms with Crippen molar-refractivity contribution < 1.29 is 9.47 Å². The Morgan fingerprint density at radius 2 is 2.18 bits per heavy atom. The highest BCUT2D eigenvalue weighted by molar-refractivity contribution is 7.17. The second-order valence-electron chi connectivity index (χ2n) is 4.91. The average Bonchev–Trinajstić information content (AvgIpc) is 3.00. The van der Waals surface area contributed by atoms with Gasteiger partial charge in [-0.2, -0.15) is 0 Å². The lowest BCUT2D eigenvalue weighted by molar-refractivity contribution is 0.171. The second kappa shape index (κ2) is 5.30. The van der Waals surface area contributed by atoms with E-state index in [1.807, 2.05) is 17.5 Å². The van der Waals surface area contributed by atoms with Gasteiger partial charge in [-0.1, -0.05) is 11.6 Å². The van der Waals surface area contributed by atoms with Gasteiger partial charge in [0, 0.05) is 0 Å². The number of benzene rings is 1. The number of nitrogens with zero attached hydrogens (tertiary/aromatic N) is 2. The number of fused-ring (bicyclic) bond motifs is 2. The zero-order valence-electron chi connectivity index (χ0n) is 11.4. The Bertz CT molecular complexity index is 919. The molecule has 0 saturated heterocycles. The van der Waals surface area contributed by atoms with E-state index in [2.05, 4.69) is 4.98 Å². The van der Waals surface area contributed by atoms with Gasteiger partial charge in [-0.25, -0.2) is 4.98 Å². The number of aromatic nitrogens is 2. The van der Waals surface area contributed by atoms with Gasteiger partial charge in [-0.3, -0.25) is 9.36 Å². The van der Waals surface area contributed by atoms with Crippen molar-refractivity contribution in [2.75, 3.05) is 13.2 Å². The lowest BCUT2D eigenvalue weighted by Crippen LogP contribution is -2.21. The summed E-state index contributed by atoms with van der Waals surface area (Å²) in [5.41, 5.74) is 1.55. The first kappa shape index (κ1) is 13.6. The summed E-state index contributed by atoms with van der Waals surface area (Å²) in [7, 11) is 0. The van der Waals surface area contributed by atoms with Gasteiger partial charge >= 0.3 is 0 Å². The first-order chi connectivity index (χ1) is 10.7. The van der Waals surface area contributed by atoms with Gasteiger partial charge in [0.1, 0.15) is 17.9 Å². The number of thiophene rings is 1. The summed E-state index contributed by atoms with van der Waals surface area (Å²) in [6.45, 7) is 1.37. The Balaban J connectivity index is 1.74. The Kier molecular flexibility index (Phi) is 3.28. The molecule has 0 radical (unpaired) electrons. The topological polar surface area (TPSA) is 53.4 Å². The fourth-order valence-corrected chi connectivity index (χ4v) is 3.52. The number of rotatable bonds is 2. The van der Waals surface area contributed by atoms with Gasteiger partial charge < -0.3 is 9.47 Å². The Morgan fingerprint density at radius 3 is 3.09 bits per heavy atom. The molecule has 3 heterocycles. The summed E-state index contributed by atoms with van der Waals surface area (Å²) in [4.78, 5) is 16.7. The summed E-state index contributed by atoms with van der Waals surface area (Å²) >= 11 is 7.62. The van der Waals surface area contributed by atoms with Crippen molar-refractivity contribution in [3.63, 3.8) is 0 Å². The van der Waals surface area contributed by atoms with Crippen LogP contribution in [0.25, 0.3) is 10.2 Å². The fraction of sp³-hybridized carbons (Fsp3) is 0.200. The van der Waals surface area contributed by atoms with Gasteiger partial charge in [-0.15, -0.1) is 11.3 Å². The SMILES string of the molecule is O=c1c2sccc2ncn1Cc1cc(Cl)c2c(c1)OCCO2. The van der Waals surface area contributed by atoms with Gasteiger partial charge in [0.05, 0.1) is 23.4 Å². The van der Waals surface area contributed by atoms with Crippen LogP contribution in [0, 0.1) is 0 Å². The van der Waals surface area contributed by atoms with Crippen molar-refractivity contribution in [1.29, 1.82) is 0 Å². The van der Waals surface area contributed by atoms with E-state index in [1.165, 1.54) is 11.3 Å². The smallest absolute Gasteiger partial charge is 0.271 e. The van der Waals surface area contributed by atoms with Gasteiger partial charge in [0.25, 0.3) is 5.56 Å². The van der Waals surface area contributed by atoms with Crippen LogP contribution < -0.4 is 15.0 Å².